The monoisotopic (exact) mass is 307 g/mol. The molecule has 1 aromatic carbocycles. The van der Waals surface area contributed by atoms with Crippen LogP contribution < -0.4 is 4.74 Å². The first kappa shape index (κ1) is 17.3. The first-order valence-electron chi connectivity index (χ1n) is 8.06. The van der Waals surface area contributed by atoms with E-state index in [-0.39, 0.29) is 5.60 Å². The van der Waals surface area contributed by atoms with Crippen molar-refractivity contribution in [1.29, 1.82) is 0 Å². The maximum absolute atomic E-state index is 10.2. The van der Waals surface area contributed by atoms with Crippen molar-refractivity contribution in [3.63, 3.8) is 0 Å². The number of aliphatic hydroxyl groups is 1. The Morgan fingerprint density at radius 1 is 1.32 bits per heavy atom. The summed E-state index contributed by atoms with van der Waals surface area (Å²) >= 11 is 0. The van der Waals surface area contributed by atoms with E-state index in [1.807, 2.05) is 32.9 Å². The van der Waals surface area contributed by atoms with Crippen LogP contribution in [0, 0.1) is 0 Å². The van der Waals surface area contributed by atoms with Crippen LogP contribution in [0.25, 0.3) is 0 Å². The number of ether oxygens (including phenoxy) is 2. The van der Waals surface area contributed by atoms with E-state index < -0.39 is 6.10 Å². The molecule has 0 aromatic heterocycles. The summed E-state index contributed by atoms with van der Waals surface area (Å²) in [7, 11) is 1.69. The van der Waals surface area contributed by atoms with E-state index in [1.165, 1.54) is 18.4 Å². The Morgan fingerprint density at radius 3 is 2.64 bits per heavy atom. The molecule has 1 atom stereocenters. The van der Waals surface area contributed by atoms with E-state index in [9.17, 15) is 5.11 Å². The van der Waals surface area contributed by atoms with Crippen molar-refractivity contribution in [2.45, 2.75) is 57.9 Å². The standard InChI is InChI=1S/C18H29NO3/c1-18(2,3)22-13-16(20)12-19(15-8-9-15)11-14-6-5-7-17(10-14)21-4/h5-7,10,15-16,20H,8-9,11-13H2,1-4H3/t16-/m0/s1. The third-order valence-electron chi connectivity index (χ3n) is 3.74. The summed E-state index contributed by atoms with van der Waals surface area (Å²) in [4.78, 5) is 2.35. The first-order valence-corrected chi connectivity index (χ1v) is 8.06. The highest BCUT2D eigenvalue weighted by molar-refractivity contribution is 5.28. The van der Waals surface area contributed by atoms with E-state index in [0.29, 0.717) is 19.2 Å². The maximum atomic E-state index is 10.2. The molecule has 1 aliphatic carbocycles. The zero-order valence-corrected chi connectivity index (χ0v) is 14.2. The van der Waals surface area contributed by atoms with Crippen LogP contribution in [0.4, 0.5) is 0 Å². The summed E-state index contributed by atoms with van der Waals surface area (Å²) in [5.74, 6) is 0.880. The molecule has 4 heteroatoms. The van der Waals surface area contributed by atoms with Gasteiger partial charge in [0, 0.05) is 19.1 Å². The van der Waals surface area contributed by atoms with E-state index in [1.54, 1.807) is 7.11 Å². The average molecular weight is 307 g/mol. The lowest BCUT2D eigenvalue weighted by Crippen LogP contribution is -2.37. The molecule has 0 heterocycles. The van der Waals surface area contributed by atoms with Crippen LogP contribution in [0.15, 0.2) is 24.3 Å². The second-order valence-electron chi connectivity index (χ2n) is 7.09. The molecule has 0 radical (unpaired) electrons. The summed E-state index contributed by atoms with van der Waals surface area (Å²) < 4.78 is 11.0. The van der Waals surface area contributed by atoms with Crippen molar-refractivity contribution >= 4 is 0 Å². The second kappa shape index (κ2) is 7.44. The van der Waals surface area contributed by atoms with Crippen LogP contribution in [-0.4, -0.2) is 48.0 Å². The van der Waals surface area contributed by atoms with E-state index in [4.69, 9.17) is 9.47 Å². The number of hydrogen-bond acceptors (Lipinski definition) is 4. The van der Waals surface area contributed by atoms with E-state index in [0.717, 1.165) is 12.3 Å². The molecule has 0 aliphatic heterocycles. The van der Waals surface area contributed by atoms with Gasteiger partial charge in [-0.05, 0) is 51.3 Å². The van der Waals surface area contributed by atoms with Gasteiger partial charge in [-0.2, -0.15) is 0 Å². The molecule has 1 saturated carbocycles. The molecule has 0 saturated heterocycles. The molecule has 2 rings (SSSR count). The molecular formula is C18H29NO3. The zero-order valence-electron chi connectivity index (χ0n) is 14.2. The lowest BCUT2D eigenvalue weighted by Gasteiger charge is -2.27. The molecule has 0 amide bonds. The van der Waals surface area contributed by atoms with Crippen molar-refractivity contribution < 1.29 is 14.6 Å². The van der Waals surface area contributed by atoms with Crippen LogP contribution in [-0.2, 0) is 11.3 Å². The van der Waals surface area contributed by atoms with Crippen LogP contribution in [0.1, 0.15) is 39.2 Å². The van der Waals surface area contributed by atoms with Crippen LogP contribution in [0.5, 0.6) is 5.75 Å². The Bertz CT molecular complexity index is 466. The minimum Gasteiger partial charge on any atom is -0.497 e. The summed E-state index contributed by atoms with van der Waals surface area (Å²) in [6, 6.07) is 8.73. The molecule has 22 heavy (non-hydrogen) atoms. The number of aliphatic hydroxyl groups excluding tert-OH is 1. The summed E-state index contributed by atoms with van der Waals surface area (Å²) in [5, 5.41) is 10.2. The number of rotatable bonds is 8. The topological polar surface area (TPSA) is 41.9 Å². The molecule has 1 aliphatic rings. The van der Waals surface area contributed by atoms with Gasteiger partial charge >= 0.3 is 0 Å². The van der Waals surface area contributed by atoms with Crippen LogP contribution in [0.2, 0.25) is 0 Å². The lowest BCUT2D eigenvalue weighted by atomic mass is 10.1. The summed E-state index contributed by atoms with van der Waals surface area (Å²) in [5.41, 5.74) is 1.01. The molecule has 1 fully saturated rings. The predicted octanol–water partition coefficient (Wildman–Crippen LogP) is 2.84. The van der Waals surface area contributed by atoms with Gasteiger partial charge in [0.2, 0.25) is 0 Å². The normalized spacial score (nSPS) is 16.8. The van der Waals surface area contributed by atoms with Gasteiger partial charge in [-0.25, -0.2) is 0 Å². The van der Waals surface area contributed by atoms with Crippen LogP contribution in [0.3, 0.4) is 0 Å². The van der Waals surface area contributed by atoms with Gasteiger partial charge in [-0.3, -0.25) is 4.90 Å². The smallest absolute Gasteiger partial charge is 0.119 e. The number of methoxy groups -OCH3 is 1. The Morgan fingerprint density at radius 2 is 2.05 bits per heavy atom. The third-order valence-corrected chi connectivity index (χ3v) is 3.74. The van der Waals surface area contributed by atoms with Gasteiger partial charge < -0.3 is 14.6 Å². The Labute approximate surface area is 134 Å². The van der Waals surface area contributed by atoms with Crippen molar-refractivity contribution in [3.05, 3.63) is 29.8 Å². The molecule has 0 unspecified atom stereocenters. The number of benzene rings is 1. The molecule has 1 aromatic rings. The average Bonchev–Trinajstić information content (AvgIpc) is 3.28. The van der Waals surface area contributed by atoms with Crippen molar-refractivity contribution in [3.8, 4) is 5.75 Å². The first-order chi connectivity index (χ1) is 10.4. The summed E-state index contributed by atoms with van der Waals surface area (Å²) in [6.07, 6.45) is 1.98. The Kier molecular flexibility index (Phi) is 5.84. The zero-order chi connectivity index (χ0) is 16.2. The van der Waals surface area contributed by atoms with Gasteiger partial charge in [-0.15, -0.1) is 0 Å². The predicted molar refractivity (Wildman–Crippen MR) is 88.1 cm³/mol. The third kappa shape index (κ3) is 5.95. The maximum Gasteiger partial charge on any atom is 0.119 e. The van der Waals surface area contributed by atoms with Gasteiger partial charge in [0.1, 0.15) is 5.75 Å². The quantitative estimate of drug-likeness (QED) is 0.802. The van der Waals surface area contributed by atoms with E-state index in [2.05, 4.69) is 17.0 Å². The largest absolute Gasteiger partial charge is 0.497 e. The molecule has 4 nitrogen and oxygen atoms in total. The van der Waals surface area contributed by atoms with Gasteiger partial charge in [0.15, 0.2) is 0 Å². The fourth-order valence-corrected chi connectivity index (χ4v) is 2.46. The Balaban J connectivity index is 1.89. The molecule has 0 bridgehead atoms. The highest BCUT2D eigenvalue weighted by Crippen LogP contribution is 2.29. The SMILES string of the molecule is COc1cccc(CN(C[C@H](O)COC(C)(C)C)C2CC2)c1. The van der Waals surface area contributed by atoms with E-state index >= 15 is 0 Å². The van der Waals surface area contributed by atoms with Gasteiger partial charge in [-0.1, -0.05) is 12.1 Å². The minimum absolute atomic E-state index is 0.210. The highest BCUT2D eigenvalue weighted by atomic mass is 16.5. The minimum atomic E-state index is -0.453. The van der Waals surface area contributed by atoms with Crippen molar-refractivity contribution in [1.82, 2.24) is 4.90 Å². The fraction of sp³-hybridized carbons (Fsp3) is 0.667. The molecule has 1 N–H and O–H groups in total. The van der Waals surface area contributed by atoms with Crippen molar-refractivity contribution in [2.24, 2.45) is 0 Å². The Hall–Kier alpha value is -1.10. The highest BCUT2D eigenvalue weighted by Gasteiger charge is 2.30. The lowest BCUT2D eigenvalue weighted by molar-refractivity contribution is -0.0572. The van der Waals surface area contributed by atoms with Crippen LogP contribution >= 0.6 is 0 Å². The van der Waals surface area contributed by atoms with Gasteiger partial charge in [0.05, 0.1) is 25.4 Å². The van der Waals surface area contributed by atoms with Crippen molar-refractivity contribution in [2.75, 3.05) is 20.3 Å². The second-order valence-corrected chi connectivity index (χ2v) is 7.09. The summed E-state index contributed by atoms with van der Waals surface area (Å²) in [6.45, 7) is 7.90. The molecule has 0 spiro atoms. The van der Waals surface area contributed by atoms with Gasteiger partial charge in [0.25, 0.3) is 0 Å². The fourth-order valence-electron chi connectivity index (χ4n) is 2.46. The number of nitrogens with zero attached hydrogens (tertiary/aromatic N) is 1. The number of hydrogen-bond donors (Lipinski definition) is 1. The molecule has 124 valence electrons. The molecular weight excluding hydrogens is 278 g/mol.